The number of rotatable bonds is 8. The van der Waals surface area contributed by atoms with E-state index < -0.39 is 18.1 Å². The summed E-state index contributed by atoms with van der Waals surface area (Å²) in [6.45, 7) is 0.434. The van der Waals surface area contributed by atoms with Crippen LogP contribution >= 0.6 is 15.9 Å². The number of anilines is 2. The van der Waals surface area contributed by atoms with Crippen molar-refractivity contribution in [3.63, 3.8) is 0 Å². The summed E-state index contributed by atoms with van der Waals surface area (Å²) in [6.07, 6.45) is -2.72. The lowest BCUT2D eigenvalue weighted by molar-refractivity contribution is 0.116. The molecule has 0 fully saturated rings. The van der Waals surface area contributed by atoms with Gasteiger partial charge in [-0.2, -0.15) is 8.78 Å². The second kappa shape index (κ2) is 11.2. The van der Waals surface area contributed by atoms with Gasteiger partial charge >= 0.3 is 12.5 Å². The number of carbonyl (C=O) groups is 1. The van der Waals surface area contributed by atoms with E-state index in [2.05, 4.69) is 31.4 Å². The highest BCUT2D eigenvalue weighted by molar-refractivity contribution is 9.09. The van der Waals surface area contributed by atoms with Crippen molar-refractivity contribution in [2.24, 2.45) is 0 Å². The van der Waals surface area contributed by atoms with Crippen LogP contribution in [-0.4, -0.2) is 28.1 Å². The van der Waals surface area contributed by atoms with E-state index in [0.29, 0.717) is 28.8 Å². The van der Waals surface area contributed by atoms with Gasteiger partial charge in [0.15, 0.2) is 0 Å². The fourth-order valence-corrected chi connectivity index (χ4v) is 3.72. The number of nitrogens with zero attached hydrogens (tertiary/aromatic N) is 3. The van der Waals surface area contributed by atoms with Gasteiger partial charge in [-0.25, -0.2) is 9.18 Å². The van der Waals surface area contributed by atoms with Crippen LogP contribution in [-0.2, 0) is 6.42 Å². The number of hydrogen-bond acceptors (Lipinski definition) is 4. The van der Waals surface area contributed by atoms with Crippen molar-refractivity contribution in [2.45, 2.75) is 12.8 Å². The lowest BCUT2D eigenvalue weighted by Gasteiger charge is -2.26. The average molecular weight is 545 g/mol. The Labute approximate surface area is 207 Å². The van der Waals surface area contributed by atoms with Gasteiger partial charge in [-0.1, -0.05) is 58.4 Å². The molecule has 0 radical (unpaired) electrons. The number of halogens is 4. The Morgan fingerprint density at radius 2 is 1.74 bits per heavy atom. The molecule has 1 aromatic heterocycles. The number of carbonyl (C=O) groups excluding carboxylic acids is 1. The number of benzene rings is 3. The van der Waals surface area contributed by atoms with Crippen LogP contribution in [0.15, 0.2) is 77.2 Å². The third kappa shape index (κ3) is 5.71. The van der Waals surface area contributed by atoms with Crippen LogP contribution in [0, 0.1) is 5.82 Å². The van der Waals surface area contributed by atoms with Gasteiger partial charge in [0.05, 0.1) is 11.4 Å². The number of urea groups is 1. The third-order valence-corrected chi connectivity index (χ3v) is 5.53. The fourth-order valence-electron chi connectivity index (χ4n) is 3.52. The number of para-hydroxylation sites is 2. The normalized spacial score (nSPS) is 11.0. The van der Waals surface area contributed by atoms with Crippen LogP contribution in [0.1, 0.15) is 23.4 Å². The third-order valence-electron chi connectivity index (χ3n) is 5.13. The zero-order chi connectivity index (χ0) is 24.8. The molecule has 1 heterocycles. The van der Waals surface area contributed by atoms with E-state index in [1.807, 2.05) is 48.5 Å². The SMILES string of the molecule is O=C(NCCBr)N(c1ccccc1)c1ccccc1Cc1ccc(-c2nnc(C(F)F)o2)cc1F. The lowest BCUT2D eigenvalue weighted by atomic mass is 10.0. The largest absolute Gasteiger partial charge is 0.415 e. The Bertz CT molecular complexity index is 1300. The first-order valence-corrected chi connectivity index (χ1v) is 11.8. The molecule has 35 heavy (non-hydrogen) atoms. The molecule has 0 aliphatic carbocycles. The Balaban J connectivity index is 1.66. The first-order chi connectivity index (χ1) is 17.0. The van der Waals surface area contributed by atoms with Gasteiger partial charge in [0.2, 0.25) is 5.89 Å². The zero-order valence-corrected chi connectivity index (χ0v) is 19.9. The first kappa shape index (κ1) is 24.5. The second-order valence-corrected chi connectivity index (χ2v) is 8.24. The Morgan fingerprint density at radius 3 is 2.43 bits per heavy atom. The highest BCUT2D eigenvalue weighted by Gasteiger charge is 2.22. The van der Waals surface area contributed by atoms with Crippen LogP contribution in [0.25, 0.3) is 11.5 Å². The van der Waals surface area contributed by atoms with Crippen molar-refractivity contribution in [3.05, 3.63) is 95.6 Å². The van der Waals surface area contributed by atoms with Crippen molar-refractivity contribution < 1.29 is 22.4 Å². The molecule has 3 aromatic carbocycles. The summed E-state index contributed by atoms with van der Waals surface area (Å²) >= 11 is 3.31. The molecule has 180 valence electrons. The molecule has 0 unspecified atom stereocenters. The molecule has 0 saturated carbocycles. The molecule has 0 spiro atoms. The topological polar surface area (TPSA) is 71.3 Å². The summed E-state index contributed by atoms with van der Waals surface area (Å²) in [4.78, 5) is 14.6. The minimum Gasteiger partial charge on any atom is -0.415 e. The zero-order valence-electron chi connectivity index (χ0n) is 18.3. The van der Waals surface area contributed by atoms with E-state index in [1.54, 1.807) is 11.0 Å². The van der Waals surface area contributed by atoms with E-state index in [-0.39, 0.29) is 23.9 Å². The highest BCUT2D eigenvalue weighted by Crippen LogP contribution is 2.32. The summed E-state index contributed by atoms with van der Waals surface area (Å²) in [6, 6.07) is 20.3. The van der Waals surface area contributed by atoms with Crippen molar-refractivity contribution in [1.82, 2.24) is 15.5 Å². The summed E-state index contributed by atoms with van der Waals surface area (Å²) in [5.74, 6) is -1.58. The van der Waals surface area contributed by atoms with Crippen LogP contribution in [0.2, 0.25) is 0 Å². The minimum atomic E-state index is -2.91. The molecule has 4 rings (SSSR count). The maximum Gasteiger partial charge on any atom is 0.326 e. The summed E-state index contributed by atoms with van der Waals surface area (Å²) in [5, 5.41) is 10.3. The molecular weight excluding hydrogens is 525 g/mol. The molecule has 6 nitrogen and oxygen atoms in total. The number of aromatic nitrogens is 2. The monoisotopic (exact) mass is 544 g/mol. The van der Waals surface area contributed by atoms with Gasteiger partial charge in [0.25, 0.3) is 5.89 Å². The second-order valence-electron chi connectivity index (χ2n) is 7.45. The van der Waals surface area contributed by atoms with Crippen molar-refractivity contribution in [2.75, 3.05) is 16.8 Å². The van der Waals surface area contributed by atoms with Gasteiger partial charge in [-0.3, -0.25) is 4.90 Å². The number of amides is 2. The van der Waals surface area contributed by atoms with E-state index >= 15 is 4.39 Å². The van der Waals surface area contributed by atoms with Gasteiger partial charge in [-0.05, 0) is 41.5 Å². The van der Waals surface area contributed by atoms with E-state index in [9.17, 15) is 13.6 Å². The molecule has 0 aliphatic rings. The van der Waals surface area contributed by atoms with Crippen molar-refractivity contribution in [3.8, 4) is 11.5 Å². The van der Waals surface area contributed by atoms with Gasteiger partial charge in [-0.15, -0.1) is 10.2 Å². The van der Waals surface area contributed by atoms with Crippen LogP contribution < -0.4 is 10.2 Å². The van der Waals surface area contributed by atoms with E-state index in [1.165, 1.54) is 18.2 Å². The van der Waals surface area contributed by atoms with Crippen LogP contribution in [0.3, 0.4) is 0 Å². The van der Waals surface area contributed by atoms with Crippen molar-refractivity contribution >= 4 is 33.3 Å². The van der Waals surface area contributed by atoms with Crippen LogP contribution in [0.4, 0.5) is 29.3 Å². The Morgan fingerprint density at radius 1 is 1.00 bits per heavy atom. The highest BCUT2D eigenvalue weighted by atomic mass is 79.9. The van der Waals surface area contributed by atoms with Gasteiger partial charge in [0.1, 0.15) is 5.82 Å². The molecule has 0 atom stereocenters. The van der Waals surface area contributed by atoms with Gasteiger partial charge in [0, 0.05) is 23.9 Å². The maximum atomic E-state index is 15.0. The lowest BCUT2D eigenvalue weighted by Crippen LogP contribution is -2.38. The standard InChI is InChI=1S/C25H20BrF3N4O2/c26-12-13-30-25(34)33(19-7-2-1-3-8-19)21-9-5-4-6-17(21)14-16-10-11-18(15-20(16)27)23-31-32-24(35-23)22(28)29/h1-11,15,22H,12-14H2,(H,30,34). The summed E-state index contributed by atoms with van der Waals surface area (Å²) < 4.78 is 45.4. The predicted octanol–water partition coefficient (Wildman–Crippen LogP) is 6.65. The van der Waals surface area contributed by atoms with Crippen molar-refractivity contribution in [1.29, 1.82) is 0 Å². The Hall–Kier alpha value is -3.66. The summed E-state index contributed by atoms with van der Waals surface area (Å²) in [5.41, 5.74) is 2.53. The minimum absolute atomic E-state index is 0.184. The molecule has 1 N–H and O–H groups in total. The van der Waals surface area contributed by atoms with E-state index in [4.69, 9.17) is 4.42 Å². The predicted molar refractivity (Wildman–Crippen MR) is 130 cm³/mol. The number of alkyl halides is 3. The van der Waals surface area contributed by atoms with Crippen LogP contribution in [0.5, 0.6) is 0 Å². The molecule has 4 aromatic rings. The molecular formula is C25H20BrF3N4O2. The smallest absolute Gasteiger partial charge is 0.326 e. The molecule has 10 heteroatoms. The number of hydrogen-bond donors (Lipinski definition) is 1. The fraction of sp³-hybridized carbons (Fsp3) is 0.160. The Kier molecular flexibility index (Phi) is 7.81. The maximum absolute atomic E-state index is 15.0. The summed E-state index contributed by atoms with van der Waals surface area (Å²) in [7, 11) is 0. The van der Waals surface area contributed by atoms with Gasteiger partial charge < -0.3 is 9.73 Å². The first-order valence-electron chi connectivity index (χ1n) is 10.6. The number of nitrogens with one attached hydrogen (secondary N) is 1. The molecule has 0 aliphatic heterocycles. The average Bonchev–Trinajstić information content (AvgIpc) is 3.37. The molecule has 0 bridgehead atoms. The molecule has 0 saturated heterocycles. The quantitative estimate of drug-likeness (QED) is 0.252. The molecule has 2 amide bonds. The van der Waals surface area contributed by atoms with E-state index in [0.717, 1.165) is 5.56 Å².